The molecule has 0 unspecified atom stereocenters. The van der Waals surface area contributed by atoms with Gasteiger partial charge in [0.05, 0.1) is 18.9 Å². The number of fused-ring (bicyclic) bond motifs is 1. The number of aromatic nitrogens is 3. The summed E-state index contributed by atoms with van der Waals surface area (Å²) < 4.78 is 34.4. The van der Waals surface area contributed by atoms with E-state index in [1.165, 1.54) is 6.33 Å². The zero-order valence-corrected chi connectivity index (χ0v) is 13.1. The second-order valence-electron chi connectivity index (χ2n) is 5.26. The molecule has 1 N–H and O–H groups in total. The molecule has 1 atom stereocenters. The van der Waals surface area contributed by atoms with Crippen LogP contribution in [0.3, 0.4) is 0 Å². The van der Waals surface area contributed by atoms with Gasteiger partial charge in [-0.25, -0.2) is 22.8 Å². The van der Waals surface area contributed by atoms with Crippen molar-refractivity contribution in [1.82, 2.24) is 19.5 Å². The zero-order chi connectivity index (χ0) is 15.6. The predicted octanol–water partition coefficient (Wildman–Crippen LogP) is 1.24. The number of methoxy groups -OCH3 is 1. The van der Waals surface area contributed by atoms with Crippen molar-refractivity contribution in [2.24, 2.45) is 0 Å². The first-order chi connectivity index (χ1) is 10.6. The third kappa shape index (κ3) is 3.28. The maximum atomic E-state index is 12.4. The molecule has 0 fully saturated rings. The third-order valence-electron chi connectivity index (χ3n) is 3.63. The minimum absolute atomic E-state index is 0.0885. The molecule has 118 valence electrons. The number of ether oxygens (including phenoxy) is 1. The third-order valence-corrected chi connectivity index (χ3v) is 4.99. The summed E-state index contributed by atoms with van der Waals surface area (Å²) in [6, 6.07) is 6.74. The SMILES string of the molecule is COc1cccc(CS(=O)(=O)N[C@H]2CCCn3ncnc32)c1. The number of nitrogens with one attached hydrogen (secondary N) is 1. The van der Waals surface area contributed by atoms with Crippen molar-refractivity contribution >= 4 is 10.0 Å². The van der Waals surface area contributed by atoms with Gasteiger partial charge in [-0.15, -0.1) is 0 Å². The van der Waals surface area contributed by atoms with E-state index < -0.39 is 10.0 Å². The first kappa shape index (κ1) is 15.0. The number of rotatable bonds is 5. The van der Waals surface area contributed by atoms with Gasteiger partial charge < -0.3 is 4.74 Å². The van der Waals surface area contributed by atoms with E-state index in [1.54, 1.807) is 36.1 Å². The molecule has 8 heteroatoms. The Hall–Kier alpha value is -1.93. The second kappa shape index (κ2) is 6.05. The van der Waals surface area contributed by atoms with Gasteiger partial charge in [0.25, 0.3) is 0 Å². The lowest BCUT2D eigenvalue weighted by Crippen LogP contribution is -2.34. The molecular formula is C14H18N4O3S. The van der Waals surface area contributed by atoms with Crippen molar-refractivity contribution in [3.63, 3.8) is 0 Å². The van der Waals surface area contributed by atoms with Crippen molar-refractivity contribution in [1.29, 1.82) is 0 Å². The van der Waals surface area contributed by atoms with Gasteiger partial charge in [0.2, 0.25) is 10.0 Å². The molecule has 0 amide bonds. The summed E-state index contributed by atoms with van der Waals surface area (Å²) >= 11 is 0. The summed E-state index contributed by atoms with van der Waals surface area (Å²) in [5, 5.41) is 4.10. The highest BCUT2D eigenvalue weighted by atomic mass is 32.2. The van der Waals surface area contributed by atoms with Crippen molar-refractivity contribution in [2.45, 2.75) is 31.2 Å². The predicted molar refractivity (Wildman–Crippen MR) is 80.8 cm³/mol. The molecule has 0 saturated carbocycles. The topological polar surface area (TPSA) is 86.1 Å². The molecule has 7 nitrogen and oxygen atoms in total. The average molecular weight is 322 g/mol. The summed E-state index contributed by atoms with van der Waals surface area (Å²) in [7, 11) is -1.91. The molecule has 0 aliphatic carbocycles. The lowest BCUT2D eigenvalue weighted by molar-refractivity contribution is 0.399. The maximum absolute atomic E-state index is 12.4. The van der Waals surface area contributed by atoms with Crippen LogP contribution in [-0.2, 0) is 22.3 Å². The van der Waals surface area contributed by atoms with Crippen LogP contribution in [0.5, 0.6) is 5.75 Å². The summed E-state index contributed by atoms with van der Waals surface area (Å²) in [5.74, 6) is 1.24. The number of hydrogen-bond acceptors (Lipinski definition) is 5. The maximum Gasteiger partial charge on any atom is 0.216 e. The minimum Gasteiger partial charge on any atom is -0.497 e. The van der Waals surface area contributed by atoms with Crippen LogP contribution in [0.2, 0.25) is 0 Å². The van der Waals surface area contributed by atoms with Crippen LogP contribution >= 0.6 is 0 Å². The fourth-order valence-electron chi connectivity index (χ4n) is 2.64. The molecule has 0 radical (unpaired) electrons. The van der Waals surface area contributed by atoms with Crippen molar-refractivity contribution in [3.8, 4) is 5.75 Å². The molecule has 1 aliphatic rings. The highest BCUT2D eigenvalue weighted by molar-refractivity contribution is 7.88. The number of benzene rings is 1. The molecule has 22 heavy (non-hydrogen) atoms. The Bertz CT molecular complexity index is 757. The summed E-state index contributed by atoms with van der Waals surface area (Å²) in [5.41, 5.74) is 0.684. The quantitative estimate of drug-likeness (QED) is 0.895. The normalized spacial score (nSPS) is 18.0. The highest BCUT2D eigenvalue weighted by Crippen LogP contribution is 2.24. The van der Waals surface area contributed by atoms with Crippen molar-refractivity contribution in [2.75, 3.05) is 7.11 Å². The van der Waals surface area contributed by atoms with Gasteiger partial charge in [-0.3, -0.25) is 0 Å². The standard InChI is InChI=1S/C14H18N4O3S/c1-21-12-5-2-4-11(8-12)9-22(19,20)17-13-6-3-7-18-14(13)15-10-16-18/h2,4-5,8,10,13,17H,3,6-7,9H2,1H3/t13-/m0/s1. The van der Waals surface area contributed by atoms with E-state index in [0.717, 1.165) is 19.4 Å². The van der Waals surface area contributed by atoms with Crippen molar-refractivity contribution in [3.05, 3.63) is 42.0 Å². The largest absolute Gasteiger partial charge is 0.497 e. The van der Waals surface area contributed by atoms with Crippen LogP contribution in [0.15, 0.2) is 30.6 Å². The van der Waals surface area contributed by atoms with E-state index in [0.29, 0.717) is 17.1 Å². The van der Waals surface area contributed by atoms with E-state index in [-0.39, 0.29) is 11.8 Å². The molecule has 1 aromatic heterocycles. The van der Waals surface area contributed by atoms with Gasteiger partial charge in [0.1, 0.15) is 17.9 Å². The van der Waals surface area contributed by atoms with Crippen LogP contribution in [0.25, 0.3) is 0 Å². The van der Waals surface area contributed by atoms with E-state index >= 15 is 0 Å². The summed E-state index contributed by atoms with van der Waals surface area (Å²) in [4.78, 5) is 4.16. The Morgan fingerprint density at radius 3 is 3.14 bits per heavy atom. The lowest BCUT2D eigenvalue weighted by atomic mass is 10.1. The van der Waals surface area contributed by atoms with E-state index in [1.807, 2.05) is 0 Å². The lowest BCUT2D eigenvalue weighted by Gasteiger charge is -2.23. The Labute approximate surface area is 129 Å². The van der Waals surface area contributed by atoms with Crippen LogP contribution in [-0.4, -0.2) is 30.3 Å². The van der Waals surface area contributed by atoms with Crippen LogP contribution in [0.1, 0.15) is 30.3 Å². The average Bonchev–Trinajstić information content (AvgIpc) is 2.96. The zero-order valence-electron chi connectivity index (χ0n) is 12.3. The molecule has 1 aliphatic heterocycles. The van der Waals surface area contributed by atoms with E-state index in [9.17, 15) is 8.42 Å². The molecule has 2 heterocycles. The van der Waals surface area contributed by atoms with Gasteiger partial charge in [-0.2, -0.15) is 5.10 Å². The molecule has 3 rings (SSSR count). The highest BCUT2D eigenvalue weighted by Gasteiger charge is 2.26. The first-order valence-electron chi connectivity index (χ1n) is 7.08. The fourth-order valence-corrected chi connectivity index (χ4v) is 4.00. The van der Waals surface area contributed by atoms with Gasteiger partial charge in [0.15, 0.2) is 0 Å². The van der Waals surface area contributed by atoms with Gasteiger partial charge in [0, 0.05) is 6.54 Å². The Kier molecular flexibility index (Phi) is 4.12. The second-order valence-corrected chi connectivity index (χ2v) is 7.02. The number of aryl methyl sites for hydroxylation is 1. The minimum atomic E-state index is -3.47. The molecule has 0 bridgehead atoms. The number of sulfonamides is 1. The first-order valence-corrected chi connectivity index (χ1v) is 8.73. The fraction of sp³-hybridized carbons (Fsp3) is 0.429. The monoisotopic (exact) mass is 322 g/mol. The van der Waals surface area contributed by atoms with Crippen molar-refractivity contribution < 1.29 is 13.2 Å². The number of nitrogens with zero attached hydrogens (tertiary/aromatic N) is 3. The molecule has 1 aromatic carbocycles. The van der Waals surface area contributed by atoms with Crippen LogP contribution < -0.4 is 9.46 Å². The summed E-state index contributed by atoms with van der Waals surface area (Å²) in [6.45, 7) is 0.781. The smallest absolute Gasteiger partial charge is 0.216 e. The number of hydrogen-bond donors (Lipinski definition) is 1. The Balaban J connectivity index is 1.74. The Morgan fingerprint density at radius 1 is 1.45 bits per heavy atom. The molecule has 0 saturated heterocycles. The molecule has 0 spiro atoms. The van der Waals surface area contributed by atoms with Gasteiger partial charge in [-0.1, -0.05) is 12.1 Å². The van der Waals surface area contributed by atoms with Crippen LogP contribution in [0.4, 0.5) is 0 Å². The van der Waals surface area contributed by atoms with Crippen LogP contribution in [0, 0.1) is 0 Å². The van der Waals surface area contributed by atoms with Gasteiger partial charge >= 0.3 is 0 Å². The van der Waals surface area contributed by atoms with E-state index in [2.05, 4.69) is 14.8 Å². The molecule has 2 aromatic rings. The van der Waals surface area contributed by atoms with Gasteiger partial charge in [-0.05, 0) is 30.5 Å². The molecular weight excluding hydrogens is 304 g/mol. The van der Waals surface area contributed by atoms with E-state index in [4.69, 9.17) is 4.74 Å². The Morgan fingerprint density at radius 2 is 2.32 bits per heavy atom. The summed E-state index contributed by atoms with van der Waals surface area (Å²) in [6.07, 6.45) is 3.07.